The third kappa shape index (κ3) is 4.15. The quantitative estimate of drug-likeness (QED) is 0.918. The summed E-state index contributed by atoms with van der Waals surface area (Å²) >= 11 is 0. The fourth-order valence-corrected chi connectivity index (χ4v) is 3.06. The van der Waals surface area contributed by atoms with Gasteiger partial charge in [-0.2, -0.15) is 0 Å². The Morgan fingerprint density at radius 1 is 1.08 bits per heavy atom. The van der Waals surface area contributed by atoms with Crippen LogP contribution in [0.25, 0.3) is 0 Å². The molecule has 1 heterocycles. The van der Waals surface area contributed by atoms with Crippen molar-refractivity contribution in [3.63, 3.8) is 0 Å². The van der Waals surface area contributed by atoms with E-state index in [4.69, 9.17) is 0 Å². The number of benzene rings is 2. The monoisotopic (exact) mass is 323 g/mol. The molecule has 0 saturated heterocycles. The molecule has 4 nitrogen and oxygen atoms in total. The number of rotatable bonds is 5. The zero-order valence-electron chi connectivity index (χ0n) is 14.5. The fourth-order valence-electron chi connectivity index (χ4n) is 3.06. The van der Waals surface area contributed by atoms with E-state index >= 15 is 0 Å². The van der Waals surface area contributed by atoms with E-state index in [1.54, 1.807) is 0 Å². The van der Waals surface area contributed by atoms with Crippen LogP contribution in [0.5, 0.6) is 0 Å². The van der Waals surface area contributed by atoms with Gasteiger partial charge in [0, 0.05) is 39.4 Å². The first-order valence-electron chi connectivity index (χ1n) is 8.44. The van der Waals surface area contributed by atoms with Crippen molar-refractivity contribution in [2.75, 3.05) is 32.1 Å². The van der Waals surface area contributed by atoms with Gasteiger partial charge in [-0.3, -0.25) is 9.69 Å². The number of anilines is 1. The lowest BCUT2D eigenvalue weighted by Crippen LogP contribution is -2.39. The molecule has 126 valence electrons. The second-order valence-corrected chi connectivity index (χ2v) is 6.57. The third-order valence-electron chi connectivity index (χ3n) is 4.52. The number of carbonyl (C=O) groups excluding carboxylic acids is 1. The first-order chi connectivity index (χ1) is 11.6. The maximum absolute atomic E-state index is 12.2. The Balaban J connectivity index is 1.48. The Kier molecular flexibility index (Phi) is 5.16. The fraction of sp³-hybridized carbons (Fsp3) is 0.350. The van der Waals surface area contributed by atoms with Crippen LogP contribution >= 0.6 is 0 Å². The van der Waals surface area contributed by atoms with Crippen molar-refractivity contribution in [1.82, 2.24) is 10.2 Å². The lowest BCUT2D eigenvalue weighted by atomic mass is 10.00. The first kappa shape index (κ1) is 16.5. The summed E-state index contributed by atoms with van der Waals surface area (Å²) in [6.45, 7) is 2.85. The number of amides is 1. The minimum atomic E-state index is 0.0890. The van der Waals surface area contributed by atoms with E-state index < -0.39 is 0 Å². The van der Waals surface area contributed by atoms with Crippen LogP contribution in [-0.4, -0.2) is 38.0 Å². The van der Waals surface area contributed by atoms with Gasteiger partial charge < -0.3 is 10.2 Å². The minimum absolute atomic E-state index is 0.0890. The van der Waals surface area contributed by atoms with Crippen molar-refractivity contribution in [1.29, 1.82) is 0 Å². The summed E-state index contributed by atoms with van der Waals surface area (Å²) in [7, 11) is 4.04. The van der Waals surface area contributed by atoms with Crippen LogP contribution in [0.15, 0.2) is 48.5 Å². The first-order valence-corrected chi connectivity index (χ1v) is 8.44. The van der Waals surface area contributed by atoms with Gasteiger partial charge in [0.2, 0.25) is 5.91 Å². The Hall–Kier alpha value is -2.33. The highest BCUT2D eigenvalue weighted by atomic mass is 16.2. The molecular formula is C20H25N3O. The van der Waals surface area contributed by atoms with E-state index in [2.05, 4.69) is 63.6 Å². The molecule has 0 radical (unpaired) electrons. The number of fused-ring (bicyclic) bond motifs is 1. The highest BCUT2D eigenvalue weighted by molar-refractivity contribution is 5.78. The van der Waals surface area contributed by atoms with Crippen molar-refractivity contribution in [2.24, 2.45) is 0 Å². The Morgan fingerprint density at radius 3 is 2.50 bits per heavy atom. The Labute approximate surface area is 144 Å². The summed E-state index contributed by atoms with van der Waals surface area (Å²) in [5, 5.41) is 3.02. The van der Waals surface area contributed by atoms with Crippen LogP contribution in [0.2, 0.25) is 0 Å². The van der Waals surface area contributed by atoms with Crippen LogP contribution in [0.1, 0.15) is 16.7 Å². The van der Waals surface area contributed by atoms with Crippen molar-refractivity contribution >= 4 is 11.6 Å². The molecule has 0 fully saturated rings. The number of hydrogen-bond acceptors (Lipinski definition) is 3. The summed E-state index contributed by atoms with van der Waals surface area (Å²) in [6, 6.07) is 16.8. The topological polar surface area (TPSA) is 35.6 Å². The summed E-state index contributed by atoms with van der Waals surface area (Å²) in [6.07, 6.45) is 1.02. The summed E-state index contributed by atoms with van der Waals surface area (Å²) in [5.74, 6) is 0.0890. The molecule has 2 aromatic carbocycles. The molecule has 0 bridgehead atoms. The molecule has 0 unspecified atom stereocenters. The van der Waals surface area contributed by atoms with E-state index in [0.29, 0.717) is 13.1 Å². The van der Waals surface area contributed by atoms with E-state index in [0.717, 1.165) is 30.8 Å². The van der Waals surface area contributed by atoms with Crippen molar-refractivity contribution in [3.8, 4) is 0 Å². The van der Waals surface area contributed by atoms with E-state index in [1.165, 1.54) is 11.1 Å². The molecule has 0 saturated carbocycles. The standard InChI is InChI=1S/C20H25N3O/c1-22(2)19-9-7-16(8-10-19)13-21-20(24)15-23-12-11-17-5-3-4-6-18(17)14-23/h3-10H,11-15H2,1-2H3,(H,21,24). The second kappa shape index (κ2) is 7.49. The van der Waals surface area contributed by atoms with Gasteiger partial charge >= 0.3 is 0 Å². The minimum Gasteiger partial charge on any atom is -0.378 e. The van der Waals surface area contributed by atoms with Crippen molar-refractivity contribution in [3.05, 3.63) is 65.2 Å². The summed E-state index contributed by atoms with van der Waals surface area (Å²) < 4.78 is 0. The average Bonchev–Trinajstić information content (AvgIpc) is 2.60. The van der Waals surface area contributed by atoms with Gasteiger partial charge in [0.1, 0.15) is 0 Å². The maximum Gasteiger partial charge on any atom is 0.234 e. The van der Waals surface area contributed by atoms with Gasteiger partial charge in [0.15, 0.2) is 0 Å². The Bertz CT molecular complexity index is 694. The van der Waals surface area contributed by atoms with Gasteiger partial charge in [-0.15, -0.1) is 0 Å². The smallest absolute Gasteiger partial charge is 0.234 e. The normalized spacial score (nSPS) is 14.1. The SMILES string of the molecule is CN(C)c1ccc(CNC(=O)CN2CCc3ccccc3C2)cc1. The molecule has 2 aromatic rings. The number of hydrogen-bond donors (Lipinski definition) is 1. The zero-order chi connectivity index (χ0) is 16.9. The van der Waals surface area contributed by atoms with E-state index in [9.17, 15) is 4.79 Å². The summed E-state index contributed by atoms with van der Waals surface area (Å²) in [4.78, 5) is 16.5. The maximum atomic E-state index is 12.2. The molecule has 1 aliphatic rings. The molecule has 0 spiro atoms. The number of carbonyl (C=O) groups is 1. The molecule has 0 aliphatic carbocycles. The van der Waals surface area contributed by atoms with Crippen molar-refractivity contribution < 1.29 is 4.79 Å². The molecule has 1 amide bonds. The predicted molar refractivity (Wildman–Crippen MR) is 98.0 cm³/mol. The molecule has 3 rings (SSSR count). The lowest BCUT2D eigenvalue weighted by Gasteiger charge is -2.28. The number of nitrogens with zero attached hydrogens (tertiary/aromatic N) is 2. The van der Waals surface area contributed by atoms with Gasteiger partial charge in [-0.1, -0.05) is 36.4 Å². The lowest BCUT2D eigenvalue weighted by molar-refractivity contribution is -0.122. The van der Waals surface area contributed by atoms with Gasteiger partial charge in [-0.25, -0.2) is 0 Å². The van der Waals surface area contributed by atoms with Crippen LogP contribution < -0.4 is 10.2 Å². The van der Waals surface area contributed by atoms with Gasteiger partial charge in [0.25, 0.3) is 0 Å². The molecular weight excluding hydrogens is 298 g/mol. The second-order valence-electron chi connectivity index (χ2n) is 6.57. The molecule has 1 N–H and O–H groups in total. The largest absolute Gasteiger partial charge is 0.378 e. The van der Waals surface area contributed by atoms with E-state index in [-0.39, 0.29) is 5.91 Å². The zero-order valence-corrected chi connectivity index (χ0v) is 14.5. The molecule has 0 atom stereocenters. The third-order valence-corrected chi connectivity index (χ3v) is 4.52. The van der Waals surface area contributed by atoms with Gasteiger partial charge in [0.05, 0.1) is 6.54 Å². The van der Waals surface area contributed by atoms with Crippen LogP contribution in [-0.2, 0) is 24.3 Å². The van der Waals surface area contributed by atoms with Crippen LogP contribution in [0.4, 0.5) is 5.69 Å². The predicted octanol–water partition coefficient (Wildman–Crippen LogP) is 2.43. The highest BCUT2D eigenvalue weighted by Gasteiger charge is 2.17. The molecule has 24 heavy (non-hydrogen) atoms. The van der Waals surface area contributed by atoms with Crippen LogP contribution in [0, 0.1) is 0 Å². The molecule has 1 aliphatic heterocycles. The molecule has 0 aromatic heterocycles. The van der Waals surface area contributed by atoms with Crippen molar-refractivity contribution in [2.45, 2.75) is 19.5 Å². The Morgan fingerprint density at radius 2 is 1.79 bits per heavy atom. The van der Waals surface area contributed by atoms with E-state index in [1.807, 2.05) is 14.1 Å². The van der Waals surface area contributed by atoms with Gasteiger partial charge in [-0.05, 0) is 35.2 Å². The number of nitrogens with one attached hydrogen (secondary N) is 1. The molecule has 4 heteroatoms. The average molecular weight is 323 g/mol. The van der Waals surface area contributed by atoms with Crippen LogP contribution in [0.3, 0.4) is 0 Å². The highest BCUT2D eigenvalue weighted by Crippen LogP contribution is 2.18. The summed E-state index contributed by atoms with van der Waals surface area (Å²) in [5.41, 5.74) is 5.04.